The van der Waals surface area contributed by atoms with Crippen LogP contribution in [-0.2, 0) is 6.18 Å². The number of hydrogen-bond donors (Lipinski definition) is 0. The smallest absolute Gasteiger partial charge is 0.290 e. The van der Waals surface area contributed by atoms with Gasteiger partial charge in [-0.3, -0.25) is 4.40 Å². The van der Waals surface area contributed by atoms with Crippen molar-refractivity contribution < 1.29 is 13.2 Å². The molecule has 0 saturated carbocycles. The van der Waals surface area contributed by atoms with Crippen LogP contribution in [0.15, 0.2) is 24.5 Å². The normalized spacial score (nSPS) is 12.3. The van der Waals surface area contributed by atoms with Gasteiger partial charge in [0.2, 0.25) is 0 Å². The summed E-state index contributed by atoms with van der Waals surface area (Å²) in [6.07, 6.45) is -1.66. The fourth-order valence-corrected chi connectivity index (χ4v) is 1.49. The highest BCUT2D eigenvalue weighted by molar-refractivity contribution is 6.30. The highest BCUT2D eigenvalue weighted by Crippen LogP contribution is 2.34. The summed E-state index contributed by atoms with van der Waals surface area (Å²) in [5, 5.41) is -0.368. The molecule has 0 radical (unpaired) electrons. The summed E-state index contributed by atoms with van der Waals surface area (Å²) in [5.41, 5.74) is -0.465. The van der Waals surface area contributed by atoms with Gasteiger partial charge in [-0.25, -0.2) is 4.98 Å². The largest absolute Gasteiger partial charge is 0.419 e. The highest BCUT2D eigenvalue weighted by atomic mass is 35.5. The van der Waals surface area contributed by atoms with Crippen LogP contribution in [0.4, 0.5) is 13.2 Å². The predicted octanol–water partition coefficient (Wildman–Crippen LogP) is 3.01. The third-order valence-corrected chi connectivity index (χ3v) is 2.19. The van der Waals surface area contributed by atoms with Crippen LogP contribution in [0, 0.1) is 0 Å². The Morgan fingerprint density at radius 3 is 2.64 bits per heavy atom. The van der Waals surface area contributed by atoms with E-state index in [0.29, 0.717) is 5.65 Å². The molecule has 0 unspecified atom stereocenters. The van der Waals surface area contributed by atoms with Gasteiger partial charge in [-0.1, -0.05) is 11.6 Å². The number of fused-ring (bicyclic) bond motifs is 1. The van der Waals surface area contributed by atoms with E-state index in [0.717, 1.165) is 6.07 Å². The maximum Gasteiger partial charge on any atom is 0.419 e. The maximum absolute atomic E-state index is 12.4. The number of hydrogen-bond acceptors (Lipinski definition) is 1. The number of pyridine rings is 1. The molecule has 0 fully saturated rings. The van der Waals surface area contributed by atoms with Crippen molar-refractivity contribution in [2.24, 2.45) is 0 Å². The average molecular weight is 221 g/mol. The molecule has 74 valence electrons. The molecule has 0 atom stereocenters. The molecule has 0 saturated heterocycles. The van der Waals surface area contributed by atoms with Crippen molar-refractivity contribution in [3.05, 3.63) is 35.2 Å². The minimum atomic E-state index is -4.43. The van der Waals surface area contributed by atoms with Crippen LogP contribution in [0.1, 0.15) is 5.56 Å². The van der Waals surface area contributed by atoms with Gasteiger partial charge < -0.3 is 0 Å². The molecule has 0 aliphatic carbocycles. The molecule has 2 nitrogen and oxygen atoms in total. The van der Waals surface area contributed by atoms with Crippen LogP contribution in [0.3, 0.4) is 0 Å². The van der Waals surface area contributed by atoms with Gasteiger partial charge >= 0.3 is 6.18 Å². The Kier molecular flexibility index (Phi) is 1.92. The van der Waals surface area contributed by atoms with Crippen LogP contribution in [0.5, 0.6) is 0 Å². The second-order valence-electron chi connectivity index (χ2n) is 2.69. The average Bonchev–Trinajstić information content (AvgIpc) is 2.50. The Morgan fingerprint density at radius 1 is 1.29 bits per heavy atom. The second-order valence-corrected chi connectivity index (χ2v) is 3.05. The molecule has 0 spiro atoms. The Balaban J connectivity index is 2.74. The maximum atomic E-state index is 12.4. The minimum Gasteiger partial charge on any atom is -0.290 e. The second kappa shape index (κ2) is 2.88. The first-order chi connectivity index (χ1) is 6.50. The standard InChI is InChI=1S/C8H4ClF3N2/c9-7-5(8(10,11)12)1-2-6-13-3-4-14(6)7/h1-4H. The molecule has 14 heavy (non-hydrogen) atoms. The molecule has 0 aliphatic heterocycles. The van der Waals surface area contributed by atoms with Gasteiger partial charge in [0.15, 0.2) is 0 Å². The van der Waals surface area contributed by atoms with E-state index in [2.05, 4.69) is 4.98 Å². The van der Waals surface area contributed by atoms with E-state index in [9.17, 15) is 13.2 Å². The first kappa shape index (κ1) is 9.33. The number of nitrogens with zero attached hydrogens (tertiary/aromatic N) is 2. The number of halogens is 4. The zero-order valence-corrected chi connectivity index (χ0v) is 7.47. The van der Waals surface area contributed by atoms with Crippen molar-refractivity contribution in [3.8, 4) is 0 Å². The van der Waals surface area contributed by atoms with E-state index in [1.165, 1.54) is 22.9 Å². The lowest BCUT2D eigenvalue weighted by Gasteiger charge is -2.09. The van der Waals surface area contributed by atoms with Crippen LogP contribution in [0.2, 0.25) is 5.15 Å². The van der Waals surface area contributed by atoms with E-state index in [1.54, 1.807) is 0 Å². The Bertz CT molecular complexity index is 475. The molecule has 2 rings (SSSR count). The summed E-state index contributed by atoms with van der Waals surface area (Å²) < 4.78 is 38.3. The van der Waals surface area contributed by atoms with Gasteiger partial charge in [0.25, 0.3) is 0 Å². The molecule has 2 heterocycles. The van der Waals surface area contributed by atoms with Gasteiger partial charge in [0, 0.05) is 12.4 Å². The van der Waals surface area contributed by atoms with E-state index >= 15 is 0 Å². The predicted molar refractivity (Wildman–Crippen MR) is 45.2 cm³/mol. The van der Waals surface area contributed by atoms with E-state index < -0.39 is 11.7 Å². The first-order valence-electron chi connectivity index (χ1n) is 3.69. The van der Waals surface area contributed by atoms with E-state index in [-0.39, 0.29) is 5.15 Å². The number of alkyl halides is 3. The number of imidazole rings is 1. The summed E-state index contributed by atoms with van der Waals surface area (Å²) in [5.74, 6) is 0. The molecule has 0 aliphatic rings. The zero-order valence-electron chi connectivity index (χ0n) is 6.72. The van der Waals surface area contributed by atoms with Crippen molar-refractivity contribution >= 4 is 17.2 Å². The lowest BCUT2D eigenvalue weighted by molar-refractivity contribution is -0.137. The van der Waals surface area contributed by atoms with Crippen molar-refractivity contribution in [1.29, 1.82) is 0 Å². The monoisotopic (exact) mass is 220 g/mol. The third kappa shape index (κ3) is 1.33. The zero-order chi connectivity index (χ0) is 10.3. The molecule has 0 bridgehead atoms. The van der Waals surface area contributed by atoms with Crippen LogP contribution < -0.4 is 0 Å². The van der Waals surface area contributed by atoms with E-state index in [4.69, 9.17) is 11.6 Å². The van der Waals surface area contributed by atoms with Gasteiger partial charge in [-0.2, -0.15) is 13.2 Å². The van der Waals surface area contributed by atoms with Crippen LogP contribution in [-0.4, -0.2) is 9.38 Å². The number of aromatic nitrogens is 2. The van der Waals surface area contributed by atoms with Gasteiger partial charge in [0.1, 0.15) is 10.8 Å². The molecule has 0 amide bonds. The van der Waals surface area contributed by atoms with Crippen molar-refractivity contribution in [3.63, 3.8) is 0 Å². The molecule has 0 N–H and O–H groups in total. The van der Waals surface area contributed by atoms with Gasteiger partial charge in [0.05, 0.1) is 5.56 Å². The highest BCUT2D eigenvalue weighted by Gasteiger charge is 2.34. The molecule has 2 aromatic rings. The fraction of sp³-hybridized carbons (Fsp3) is 0.125. The SMILES string of the molecule is FC(F)(F)c1ccc2nccn2c1Cl. The fourth-order valence-electron chi connectivity index (χ4n) is 1.17. The lowest BCUT2D eigenvalue weighted by atomic mass is 10.3. The summed E-state index contributed by atoms with van der Waals surface area (Å²) >= 11 is 5.57. The molecule has 0 aromatic carbocycles. The van der Waals surface area contributed by atoms with Gasteiger partial charge in [-0.15, -0.1) is 0 Å². The summed E-state index contributed by atoms with van der Waals surface area (Å²) in [7, 11) is 0. The number of rotatable bonds is 0. The van der Waals surface area contributed by atoms with E-state index in [1.807, 2.05) is 0 Å². The topological polar surface area (TPSA) is 17.3 Å². The molecule has 6 heteroatoms. The summed E-state index contributed by atoms with van der Waals surface area (Å²) in [4.78, 5) is 3.81. The summed E-state index contributed by atoms with van der Waals surface area (Å²) in [6, 6.07) is 2.19. The first-order valence-corrected chi connectivity index (χ1v) is 4.07. The quantitative estimate of drug-likeness (QED) is 0.624. The molecule has 2 aromatic heterocycles. The van der Waals surface area contributed by atoms with Crippen molar-refractivity contribution in [2.75, 3.05) is 0 Å². The molecular formula is C8H4ClF3N2. The van der Waals surface area contributed by atoms with Crippen LogP contribution >= 0.6 is 11.6 Å². The Morgan fingerprint density at radius 2 is 2.00 bits per heavy atom. The summed E-state index contributed by atoms with van der Waals surface area (Å²) in [6.45, 7) is 0. The third-order valence-electron chi connectivity index (χ3n) is 1.81. The molecular weight excluding hydrogens is 217 g/mol. The Hall–Kier alpha value is -1.23. The van der Waals surface area contributed by atoms with Gasteiger partial charge in [-0.05, 0) is 12.1 Å². The lowest BCUT2D eigenvalue weighted by Crippen LogP contribution is -2.07. The van der Waals surface area contributed by atoms with Crippen LogP contribution in [0.25, 0.3) is 5.65 Å². The Labute approximate surface area is 81.9 Å². The van der Waals surface area contributed by atoms with Crippen molar-refractivity contribution in [2.45, 2.75) is 6.18 Å². The van der Waals surface area contributed by atoms with Crippen molar-refractivity contribution in [1.82, 2.24) is 9.38 Å². The minimum absolute atomic E-state index is 0.368.